The molecule has 0 spiro atoms. The summed E-state index contributed by atoms with van der Waals surface area (Å²) in [6.45, 7) is 2.03. The van der Waals surface area contributed by atoms with Gasteiger partial charge in [-0.25, -0.2) is 0 Å². The minimum Gasteiger partial charge on any atom is -0.385 e. The summed E-state index contributed by atoms with van der Waals surface area (Å²) in [7, 11) is 0. The van der Waals surface area contributed by atoms with Crippen molar-refractivity contribution in [2.45, 2.75) is 45.1 Å². The minimum atomic E-state index is -0.570. The van der Waals surface area contributed by atoms with Gasteiger partial charge < -0.3 is 9.63 Å². The van der Waals surface area contributed by atoms with Crippen LogP contribution in [0.4, 0.5) is 0 Å². The molecule has 1 aromatic rings. The zero-order valence-electron chi connectivity index (χ0n) is 10.3. The van der Waals surface area contributed by atoms with Crippen LogP contribution < -0.4 is 0 Å². The van der Waals surface area contributed by atoms with Gasteiger partial charge in [0.15, 0.2) is 5.82 Å². The zero-order valence-corrected chi connectivity index (χ0v) is 11.1. The molecule has 1 unspecified atom stereocenters. The lowest BCUT2D eigenvalue weighted by Gasteiger charge is -2.19. The van der Waals surface area contributed by atoms with E-state index in [-0.39, 0.29) is 0 Å². The number of thioether (sulfide) groups is 1. The van der Waals surface area contributed by atoms with E-state index >= 15 is 0 Å². The highest BCUT2D eigenvalue weighted by Crippen LogP contribution is 2.26. The van der Waals surface area contributed by atoms with Crippen molar-refractivity contribution in [3.8, 4) is 0 Å². The molecule has 1 aromatic heterocycles. The second-order valence-corrected chi connectivity index (χ2v) is 5.84. The SMILES string of the molecule is CCCC(O)c1noc(CC2CCSCC2)n1. The molecular formula is C12H20N2O2S. The third kappa shape index (κ3) is 3.71. The maximum absolute atomic E-state index is 9.75. The molecule has 2 rings (SSSR count). The van der Waals surface area contributed by atoms with Crippen LogP contribution in [0.15, 0.2) is 4.52 Å². The van der Waals surface area contributed by atoms with Gasteiger partial charge >= 0.3 is 0 Å². The van der Waals surface area contributed by atoms with Gasteiger partial charge in [0, 0.05) is 6.42 Å². The van der Waals surface area contributed by atoms with Crippen molar-refractivity contribution in [1.29, 1.82) is 0 Å². The second-order valence-electron chi connectivity index (χ2n) is 4.61. The van der Waals surface area contributed by atoms with E-state index in [1.54, 1.807) is 0 Å². The quantitative estimate of drug-likeness (QED) is 0.877. The molecule has 1 atom stereocenters. The van der Waals surface area contributed by atoms with E-state index < -0.39 is 6.10 Å². The number of hydrogen-bond donors (Lipinski definition) is 1. The second kappa shape index (κ2) is 6.40. The number of aliphatic hydroxyl groups is 1. The summed E-state index contributed by atoms with van der Waals surface area (Å²) >= 11 is 2.02. The molecule has 4 nitrogen and oxygen atoms in total. The Labute approximate surface area is 106 Å². The molecular weight excluding hydrogens is 236 g/mol. The molecule has 5 heteroatoms. The number of aromatic nitrogens is 2. The van der Waals surface area contributed by atoms with Crippen molar-refractivity contribution in [2.24, 2.45) is 5.92 Å². The third-order valence-corrected chi connectivity index (χ3v) is 4.20. The molecule has 0 aliphatic carbocycles. The van der Waals surface area contributed by atoms with Gasteiger partial charge in [0.05, 0.1) is 0 Å². The fourth-order valence-electron chi connectivity index (χ4n) is 2.09. The Kier molecular flexibility index (Phi) is 4.86. The van der Waals surface area contributed by atoms with Gasteiger partial charge in [-0.3, -0.25) is 0 Å². The summed E-state index contributed by atoms with van der Waals surface area (Å²) in [6.07, 6.45) is 4.38. The largest absolute Gasteiger partial charge is 0.385 e. The third-order valence-electron chi connectivity index (χ3n) is 3.15. The van der Waals surface area contributed by atoms with E-state index in [1.807, 2.05) is 18.7 Å². The van der Waals surface area contributed by atoms with Crippen LogP contribution in [0.5, 0.6) is 0 Å². The minimum absolute atomic E-state index is 0.451. The average molecular weight is 256 g/mol. The first-order chi connectivity index (χ1) is 8.29. The predicted octanol–water partition coefficient (Wildman–Crippen LogP) is 2.59. The summed E-state index contributed by atoms with van der Waals surface area (Å²) in [4.78, 5) is 4.29. The molecule has 2 heterocycles. The van der Waals surface area contributed by atoms with Crippen LogP contribution in [0, 0.1) is 5.92 Å². The molecule has 0 radical (unpaired) electrons. The molecule has 1 aliphatic heterocycles. The molecule has 0 saturated carbocycles. The van der Waals surface area contributed by atoms with E-state index in [0.717, 1.165) is 12.8 Å². The smallest absolute Gasteiger partial charge is 0.227 e. The maximum atomic E-state index is 9.75. The van der Waals surface area contributed by atoms with Crippen LogP contribution in [0.25, 0.3) is 0 Å². The van der Waals surface area contributed by atoms with Crippen LogP contribution >= 0.6 is 11.8 Å². The standard InChI is InChI=1S/C12H20N2O2S/c1-2-3-10(15)12-13-11(16-14-12)8-9-4-6-17-7-5-9/h9-10,15H,2-8H2,1H3. The average Bonchev–Trinajstić information content (AvgIpc) is 2.79. The molecule has 1 fully saturated rings. The maximum Gasteiger partial charge on any atom is 0.227 e. The molecule has 1 aliphatic rings. The molecule has 0 aromatic carbocycles. The fourth-order valence-corrected chi connectivity index (χ4v) is 3.29. The normalized spacial score (nSPS) is 19.4. The van der Waals surface area contributed by atoms with Crippen molar-refractivity contribution in [3.63, 3.8) is 0 Å². The van der Waals surface area contributed by atoms with Crippen LogP contribution in [0.2, 0.25) is 0 Å². The Balaban J connectivity index is 1.88. The number of nitrogens with zero attached hydrogens (tertiary/aromatic N) is 2. The zero-order chi connectivity index (χ0) is 12.1. The Morgan fingerprint density at radius 1 is 1.47 bits per heavy atom. The summed E-state index contributed by atoms with van der Waals surface area (Å²) in [5.74, 6) is 4.29. The first-order valence-electron chi connectivity index (χ1n) is 6.38. The summed E-state index contributed by atoms with van der Waals surface area (Å²) in [5, 5.41) is 13.6. The van der Waals surface area contributed by atoms with E-state index in [1.165, 1.54) is 24.3 Å². The lowest BCUT2D eigenvalue weighted by molar-refractivity contribution is 0.152. The van der Waals surface area contributed by atoms with Crippen LogP contribution in [-0.2, 0) is 6.42 Å². The van der Waals surface area contributed by atoms with Crippen LogP contribution in [0.1, 0.15) is 50.4 Å². The van der Waals surface area contributed by atoms with Gasteiger partial charge in [-0.15, -0.1) is 0 Å². The highest BCUT2D eigenvalue weighted by molar-refractivity contribution is 7.99. The lowest BCUT2D eigenvalue weighted by atomic mass is 9.99. The van der Waals surface area contributed by atoms with Gasteiger partial charge in [0.1, 0.15) is 6.10 Å². The van der Waals surface area contributed by atoms with Gasteiger partial charge in [-0.2, -0.15) is 16.7 Å². The van der Waals surface area contributed by atoms with E-state index in [2.05, 4.69) is 10.1 Å². The molecule has 0 bridgehead atoms. The number of rotatable bonds is 5. The Morgan fingerprint density at radius 2 is 2.24 bits per heavy atom. The molecule has 1 N–H and O–H groups in total. The molecule has 0 amide bonds. The topological polar surface area (TPSA) is 59.2 Å². The van der Waals surface area contributed by atoms with E-state index in [4.69, 9.17) is 4.52 Å². The van der Waals surface area contributed by atoms with Crippen LogP contribution in [0.3, 0.4) is 0 Å². The lowest BCUT2D eigenvalue weighted by Crippen LogP contribution is -2.12. The van der Waals surface area contributed by atoms with Crippen molar-refractivity contribution in [2.75, 3.05) is 11.5 Å². The molecule has 96 valence electrons. The highest BCUT2D eigenvalue weighted by Gasteiger charge is 2.19. The molecule has 1 saturated heterocycles. The van der Waals surface area contributed by atoms with Gasteiger partial charge in [-0.1, -0.05) is 18.5 Å². The van der Waals surface area contributed by atoms with Crippen molar-refractivity contribution < 1.29 is 9.63 Å². The Bertz CT molecular complexity index is 337. The highest BCUT2D eigenvalue weighted by atomic mass is 32.2. The van der Waals surface area contributed by atoms with Crippen molar-refractivity contribution in [3.05, 3.63) is 11.7 Å². The number of hydrogen-bond acceptors (Lipinski definition) is 5. The first-order valence-corrected chi connectivity index (χ1v) is 7.53. The fraction of sp³-hybridized carbons (Fsp3) is 0.833. The monoisotopic (exact) mass is 256 g/mol. The predicted molar refractivity (Wildman–Crippen MR) is 67.9 cm³/mol. The Morgan fingerprint density at radius 3 is 2.94 bits per heavy atom. The van der Waals surface area contributed by atoms with Gasteiger partial charge in [0.25, 0.3) is 0 Å². The van der Waals surface area contributed by atoms with E-state index in [9.17, 15) is 5.11 Å². The first kappa shape index (κ1) is 12.9. The van der Waals surface area contributed by atoms with Gasteiger partial charge in [-0.05, 0) is 36.7 Å². The van der Waals surface area contributed by atoms with Crippen LogP contribution in [-0.4, -0.2) is 26.8 Å². The summed E-state index contributed by atoms with van der Waals surface area (Å²) < 4.78 is 5.21. The number of aliphatic hydroxyl groups excluding tert-OH is 1. The molecule has 17 heavy (non-hydrogen) atoms. The Hall–Kier alpha value is -0.550. The summed E-state index contributed by atoms with van der Waals surface area (Å²) in [6, 6.07) is 0. The van der Waals surface area contributed by atoms with Crippen molar-refractivity contribution in [1.82, 2.24) is 10.1 Å². The van der Waals surface area contributed by atoms with Gasteiger partial charge in [0.2, 0.25) is 5.89 Å². The van der Waals surface area contributed by atoms with E-state index in [0.29, 0.717) is 24.1 Å². The summed E-state index contributed by atoms with van der Waals surface area (Å²) in [5.41, 5.74) is 0. The van der Waals surface area contributed by atoms with Crippen molar-refractivity contribution >= 4 is 11.8 Å².